The zero-order valence-corrected chi connectivity index (χ0v) is 10.8. The number of carbonyl (C=O) groups excluding carboxylic acids is 1. The monoisotopic (exact) mass is 232 g/mol. The fourth-order valence-corrected chi connectivity index (χ4v) is 2.14. The van der Waals surface area contributed by atoms with E-state index in [-0.39, 0.29) is 12.1 Å². The number of hydrogen-bond donors (Lipinski definition) is 0. The van der Waals surface area contributed by atoms with Crippen LogP contribution in [-0.2, 0) is 16.0 Å². The van der Waals surface area contributed by atoms with Crippen molar-refractivity contribution in [3.05, 3.63) is 35.4 Å². The van der Waals surface area contributed by atoms with E-state index in [1.165, 1.54) is 11.1 Å². The molecule has 0 aromatic heterocycles. The molecule has 2 nitrogen and oxygen atoms in total. The molecule has 2 heteroatoms. The number of hydrogen-bond acceptors (Lipinski definition) is 2. The highest BCUT2D eigenvalue weighted by Gasteiger charge is 2.29. The van der Waals surface area contributed by atoms with E-state index in [1.807, 2.05) is 32.9 Å². The lowest BCUT2D eigenvalue weighted by Crippen LogP contribution is -2.26. The summed E-state index contributed by atoms with van der Waals surface area (Å²) < 4.78 is 5.64. The van der Waals surface area contributed by atoms with E-state index in [0.29, 0.717) is 0 Å². The zero-order chi connectivity index (χ0) is 12.5. The van der Waals surface area contributed by atoms with Crippen LogP contribution in [0.15, 0.2) is 24.3 Å². The third-order valence-corrected chi connectivity index (χ3v) is 3.18. The van der Waals surface area contributed by atoms with Gasteiger partial charge in [0, 0.05) is 0 Å². The quantitative estimate of drug-likeness (QED) is 0.691. The van der Waals surface area contributed by atoms with Gasteiger partial charge in [-0.3, -0.25) is 4.79 Å². The predicted molar refractivity (Wildman–Crippen MR) is 67.7 cm³/mol. The van der Waals surface area contributed by atoms with Crippen LogP contribution in [0.4, 0.5) is 0 Å². The molecule has 92 valence electrons. The van der Waals surface area contributed by atoms with Crippen LogP contribution < -0.4 is 0 Å². The van der Waals surface area contributed by atoms with Gasteiger partial charge in [0.25, 0.3) is 0 Å². The summed E-state index contributed by atoms with van der Waals surface area (Å²) in [6.45, 7) is 5.68. The molecular formula is C15H20O2. The SMILES string of the molecule is CC(C)(C)C(=O)OC1CCCc2ccccc21. The van der Waals surface area contributed by atoms with Crippen molar-refractivity contribution in [2.75, 3.05) is 0 Å². The molecule has 0 bridgehead atoms. The van der Waals surface area contributed by atoms with E-state index in [1.54, 1.807) is 0 Å². The molecule has 1 unspecified atom stereocenters. The summed E-state index contributed by atoms with van der Waals surface area (Å²) in [6, 6.07) is 8.27. The second-order valence-corrected chi connectivity index (χ2v) is 5.73. The molecule has 0 saturated carbocycles. The van der Waals surface area contributed by atoms with Gasteiger partial charge in [0.05, 0.1) is 5.41 Å². The van der Waals surface area contributed by atoms with E-state index in [4.69, 9.17) is 4.74 Å². The Labute approximate surface area is 103 Å². The molecule has 1 atom stereocenters. The minimum absolute atomic E-state index is 0.0494. The molecular weight excluding hydrogens is 212 g/mol. The fourth-order valence-electron chi connectivity index (χ4n) is 2.14. The highest BCUT2D eigenvalue weighted by Crippen LogP contribution is 2.34. The van der Waals surface area contributed by atoms with Gasteiger partial charge < -0.3 is 4.74 Å². The van der Waals surface area contributed by atoms with Crippen LogP contribution in [-0.4, -0.2) is 5.97 Å². The van der Waals surface area contributed by atoms with Gasteiger partial charge in [0.15, 0.2) is 0 Å². The molecule has 0 spiro atoms. The van der Waals surface area contributed by atoms with Crippen molar-refractivity contribution in [1.82, 2.24) is 0 Å². The molecule has 17 heavy (non-hydrogen) atoms. The van der Waals surface area contributed by atoms with Crippen molar-refractivity contribution < 1.29 is 9.53 Å². The standard InChI is InChI=1S/C15H20O2/c1-15(2,3)14(16)17-13-10-6-8-11-7-4-5-9-12(11)13/h4-5,7,9,13H,6,8,10H2,1-3H3. The van der Waals surface area contributed by atoms with Crippen LogP contribution in [0.3, 0.4) is 0 Å². The topological polar surface area (TPSA) is 26.3 Å². The number of fused-ring (bicyclic) bond motifs is 1. The van der Waals surface area contributed by atoms with Gasteiger partial charge in [-0.2, -0.15) is 0 Å². The van der Waals surface area contributed by atoms with Crippen molar-refractivity contribution in [2.24, 2.45) is 5.41 Å². The molecule has 0 heterocycles. The van der Waals surface area contributed by atoms with E-state index in [2.05, 4.69) is 12.1 Å². The summed E-state index contributed by atoms with van der Waals surface area (Å²) in [5, 5.41) is 0. The summed E-state index contributed by atoms with van der Waals surface area (Å²) in [5.41, 5.74) is 2.09. The van der Waals surface area contributed by atoms with Crippen LogP contribution in [0.5, 0.6) is 0 Å². The first kappa shape index (κ1) is 12.2. The lowest BCUT2D eigenvalue weighted by atomic mass is 9.89. The lowest BCUT2D eigenvalue weighted by molar-refractivity contribution is -0.159. The Morgan fingerprint density at radius 2 is 2.00 bits per heavy atom. The summed E-state index contributed by atoms with van der Waals surface area (Å²) >= 11 is 0. The Bertz CT molecular complexity index is 415. The average Bonchev–Trinajstić information content (AvgIpc) is 2.28. The molecule has 1 aromatic rings. The van der Waals surface area contributed by atoms with E-state index < -0.39 is 5.41 Å². The van der Waals surface area contributed by atoms with Gasteiger partial charge in [-0.1, -0.05) is 24.3 Å². The summed E-state index contributed by atoms with van der Waals surface area (Å²) in [7, 11) is 0. The summed E-state index contributed by atoms with van der Waals surface area (Å²) in [5.74, 6) is -0.112. The first-order chi connectivity index (χ1) is 7.98. The molecule has 1 aliphatic carbocycles. The van der Waals surface area contributed by atoms with Crippen molar-refractivity contribution >= 4 is 5.97 Å². The molecule has 0 N–H and O–H groups in total. The van der Waals surface area contributed by atoms with Crippen molar-refractivity contribution in [3.63, 3.8) is 0 Å². The van der Waals surface area contributed by atoms with Gasteiger partial charge in [-0.15, -0.1) is 0 Å². The molecule has 1 aromatic carbocycles. The second-order valence-electron chi connectivity index (χ2n) is 5.73. The highest BCUT2D eigenvalue weighted by atomic mass is 16.5. The average molecular weight is 232 g/mol. The summed E-state index contributed by atoms with van der Waals surface area (Å²) in [6.07, 6.45) is 3.09. The Kier molecular flexibility index (Phi) is 3.23. The Balaban J connectivity index is 2.17. The maximum Gasteiger partial charge on any atom is 0.311 e. The van der Waals surface area contributed by atoms with Gasteiger partial charge >= 0.3 is 5.97 Å². The first-order valence-corrected chi connectivity index (χ1v) is 6.27. The molecule has 0 radical (unpaired) electrons. The molecule has 1 aliphatic rings. The Hall–Kier alpha value is -1.31. The van der Waals surface area contributed by atoms with Gasteiger partial charge in [-0.05, 0) is 51.2 Å². The maximum absolute atomic E-state index is 11.9. The van der Waals surface area contributed by atoms with Crippen LogP contribution in [0.2, 0.25) is 0 Å². The molecule has 0 saturated heterocycles. The molecule has 0 amide bonds. The van der Waals surface area contributed by atoms with E-state index in [9.17, 15) is 4.79 Å². The predicted octanol–water partition coefficient (Wildman–Crippen LogP) is 3.65. The Morgan fingerprint density at radius 1 is 1.29 bits per heavy atom. The fraction of sp³-hybridized carbons (Fsp3) is 0.533. The van der Waals surface area contributed by atoms with Gasteiger partial charge in [-0.25, -0.2) is 0 Å². The number of carbonyl (C=O) groups is 1. The minimum Gasteiger partial charge on any atom is -0.457 e. The van der Waals surface area contributed by atoms with Crippen molar-refractivity contribution in [1.29, 1.82) is 0 Å². The molecule has 0 aliphatic heterocycles. The number of benzene rings is 1. The van der Waals surface area contributed by atoms with Gasteiger partial charge in [0.2, 0.25) is 0 Å². The van der Waals surface area contributed by atoms with Crippen LogP contribution in [0, 0.1) is 5.41 Å². The van der Waals surface area contributed by atoms with Crippen molar-refractivity contribution in [2.45, 2.75) is 46.1 Å². The van der Waals surface area contributed by atoms with E-state index in [0.717, 1.165) is 19.3 Å². The van der Waals surface area contributed by atoms with Crippen LogP contribution >= 0.6 is 0 Å². The van der Waals surface area contributed by atoms with Crippen molar-refractivity contribution in [3.8, 4) is 0 Å². The van der Waals surface area contributed by atoms with Crippen LogP contribution in [0.1, 0.15) is 50.8 Å². The zero-order valence-electron chi connectivity index (χ0n) is 10.8. The minimum atomic E-state index is -0.424. The number of rotatable bonds is 1. The smallest absolute Gasteiger partial charge is 0.311 e. The van der Waals surface area contributed by atoms with E-state index >= 15 is 0 Å². The van der Waals surface area contributed by atoms with Crippen LogP contribution in [0.25, 0.3) is 0 Å². The summed E-state index contributed by atoms with van der Waals surface area (Å²) in [4.78, 5) is 11.9. The third-order valence-electron chi connectivity index (χ3n) is 3.18. The largest absolute Gasteiger partial charge is 0.457 e. The number of ether oxygens (including phenoxy) is 1. The lowest BCUT2D eigenvalue weighted by Gasteiger charge is -2.28. The first-order valence-electron chi connectivity index (χ1n) is 6.27. The number of aryl methyl sites for hydroxylation is 1. The Morgan fingerprint density at radius 3 is 2.71 bits per heavy atom. The highest BCUT2D eigenvalue weighted by molar-refractivity contribution is 5.75. The van der Waals surface area contributed by atoms with Gasteiger partial charge in [0.1, 0.15) is 6.10 Å². The number of esters is 1. The second kappa shape index (κ2) is 4.52. The molecule has 0 fully saturated rings. The maximum atomic E-state index is 11.9. The normalized spacial score (nSPS) is 19.6. The molecule has 2 rings (SSSR count). The third kappa shape index (κ3) is 2.68.